The van der Waals surface area contributed by atoms with Crippen molar-refractivity contribution in [2.24, 2.45) is 16.6 Å². The van der Waals surface area contributed by atoms with Crippen LogP contribution in [0.2, 0.25) is 0 Å². The molecule has 7 heteroatoms. The standard InChI is InChI=1S/C17H31N5O2/c1-19-17(22-10-4-5-13(12-22)11-15(18)23)20-9-8-16(24)21-14-6-2-3-7-14/h13-14H,2-12H2,1H3,(H2,18,23)(H,19,20)(H,21,24). The molecule has 7 nitrogen and oxygen atoms in total. The number of hydrogen-bond acceptors (Lipinski definition) is 3. The van der Waals surface area contributed by atoms with E-state index in [9.17, 15) is 9.59 Å². The number of aliphatic imine (C=N–C) groups is 1. The Morgan fingerprint density at radius 2 is 1.96 bits per heavy atom. The van der Waals surface area contributed by atoms with Crippen molar-refractivity contribution < 1.29 is 9.59 Å². The summed E-state index contributed by atoms with van der Waals surface area (Å²) in [6, 6.07) is 0.369. The highest BCUT2D eigenvalue weighted by Gasteiger charge is 2.23. The largest absolute Gasteiger partial charge is 0.370 e. The third kappa shape index (κ3) is 6.02. The highest BCUT2D eigenvalue weighted by Crippen LogP contribution is 2.19. The fourth-order valence-corrected chi connectivity index (χ4v) is 3.70. The second kappa shape index (κ2) is 9.49. The van der Waals surface area contributed by atoms with Gasteiger partial charge in [-0.2, -0.15) is 0 Å². The molecule has 1 saturated heterocycles. The molecule has 2 amide bonds. The van der Waals surface area contributed by atoms with Gasteiger partial charge in [0.15, 0.2) is 5.96 Å². The smallest absolute Gasteiger partial charge is 0.221 e. The molecule has 24 heavy (non-hydrogen) atoms. The van der Waals surface area contributed by atoms with E-state index in [0.29, 0.717) is 31.3 Å². The summed E-state index contributed by atoms with van der Waals surface area (Å²) in [5.74, 6) is 0.960. The molecule has 1 unspecified atom stereocenters. The van der Waals surface area contributed by atoms with E-state index in [-0.39, 0.29) is 11.8 Å². The van der Waals surface area contributed by atoms with Gasteiger partial charge in [0, 0.05) is 45.6 Å². The lowest BCUT2D eigenvalue weighted by molar-refractivity contribution is -0.121. The number of amides is 2. The molecule has 1 atom stereocenters. The SMILES string of the molecule is CN=C(NCCC(=O)NC1CCCC1)N1CCCC(CC(N)=O)C1. The Balaban J connectivity index is 1.71. The van der Waals surface area contributed by atoms with Crippen LogP contribution in [0, 0.1) is 5.92 Å². The summed E-state index contributed by atoms with van der Waals surface area (Å²) in [5.41, 5.74) is 5.31. The maximum atomic E-state index is 12.0. The van der Waals surface area contributed by atoms with Crippen molar-refractivity contribution in [3.05, 3.63) is 0 Å². The average Bonchev–Trinajstić information content (AvgIpc) is 3.04. The highest BCUT2D eigenvalue weighted by atomic mass is 16.2. The molecule has 1 aliphatic carbocycles. The van der Waals surface area contributed by atoms with Crippen LogP contribution < -0.4 is 16.4 Å². The van der Waals surface area contributed by atoms with Gasteiger partial charge in [-0.25, -0.2) is 0 Å². The molecular weight excluding hydrogens is 306 g/mol. The number of primary amides is 1. The lowest BCUT2D eigenvalue weighted by Gasteiger charge is -2.34. The van der Waals surface area contributed by atoms with Gasteiger partial charge in [0.05, 0.1) is 0 Å². The van der Waals surface area contributed by atoms with E-state index in [2.05, 4.69) is 20.5 Å². The fourth-order valence-electron chi connectivity index (χ4n) is 3.70. The summed E-state index contributed by atoms with van der Waals surface area (Å²) in [6.07, 6.45) is 7.59. The lowest BCUT2D eigenvalue weighted by Crippen LogP contribution is -2.48. The second-order valence-corrected chi connectivity index (χ2v) is 6.90. The van der Waals surface area contributed by atoms with E-state index < -0.39 is 0 Å². The van der Waals surface area contributed by atoms with Gasteiger partial charge in [-0.3, -0.25) is 14.6 Å². The Morgan fingerprint density at radius 3 is 2.62 bits per heavy atom. The number of nitrogens with zero attached hydrogens (tertiary/aromatic N) is 2. The van der Waals surface area contributed by atoms with Crippen LogP contribution in [0.25, 0.3) is 0 Å². The predicted molar refractivity (Wildman–Crippen MR) is 94.5 cm³/mol. The van der Waals surface area contributed by atoms with Crippen LogP contribution in [0.15, 0.2) is 4.99 Å². The minimum Gasteiger partial charge on any atom is -0.370 e. The summed E-state index contributed by atoms with van der Waals surface area (Å²) in [4.78, 5) is 29.5. The van der Waals surface area contributed by atoms with Crippen molar-refractivity contribution in [1.82, 2.24) is 15.5 Å². The van der Waals surface area contributed by atoms with Crippen molar-refractivity contribution in [3.63, 3.8) is 0 Å². The number of carbonyl (C=O) groups excluding carboxylic acids is 2. The molecule has 0 aromatic carbocycles. The number of piperidine rings is 1. The minimum atomic E-state index is -0.242. The van der Waals surface area contributed by atoms with E-state index in [1.807, 2.05) is 0 Å². The molecule has 136 valence electrons. The number of hydrogen-bond donors (Lipinski definition) is 3. The molecule has 1 saturated carbocycles. The van der Waals surface area contributed by atoms with Gasteiger partial charge >= 0.3 is 0 Å². The molecule has 0 spiro atoms. The number of nitrogens with two attached hydrogens (primary N) is 1. The summed E-state index contributed by atoms with van der Waals surface area (Å²) in [6.45, 7) is 2.28. The molecule has 2 rings (SSSR count). The average molecular weight is 337 g/mol. The fraction of sp³-hybridized carbons (Fsp3) is 0.824. The van der Waals surface area contributed by atoms with E-state index >= 15 is 0 Å². The van der Waals surface area contributed by atoms with Gasteiger partial charge in [0.2, 0.25) is 11.8 Å². The summed E-state index contributed by atoms with van der Waals surface area (Å²) in [7, 11) is 1.75. The van der Waals surface area contributed by atoms with Crippen LogP contribution in [0.4, 0.5) is 0 Å². The Bertz CT molecular complexity index is 460. The molecule has 2 fully saturated rings. The van der Waals surface area contributed by atoms with Crippen LogP contribution in [0.5, 0.6) is 0 Å². The minimum absolute atomic E-state index is 0.107. The predicted octanol–water partition coefficient (Wildman–Crippen LogP) is 0.598. The van der Waals surface area contributed by atoms with Crippen molar-refractivity contribution in [3.8, 4) is 0 Å². The highest BCUT2D eigenvalue weighted by molar-refractivity contribution is 5.81. The summed E-state index contributed by atoms with van der Waals surface area (Å²) >= 11 is 0. The van der Waals surface area contributed by atoms with E-state index in [1.54, 1.807) is 7.05 Å². The Hall–Kier alpha value is -1.79. The van der Waals surface area contributed by atoms with Crippen molar-refractivity contribution >= 4 is 17.8 Å². The molecule has 0 aromatic heterocycles. The Labute approximate surface area is 144 Å². The first-order valence-corrected chi connectivity index (χ1v) is 9.11. The maximum absolute atomic E-state index is 12.0. The summed E-state index contributed by atoms with van der Waals surface area (Å²) < 4.78 is 0. The van der Waals surface area contributed by atoms with Gasteiger partial charge < -0.3 is 21.3 Å². The van der Waals surface area contributed by atoms with Crippen LogP contribution in [-0.2, 0) is 9.59 Å². The van der Waals surface area contributed by atoms with Crippen LogP contribution in [-0.4, -0.2) is 55.4 Å². The normalized spacial score (nSPS) is 22.5. The number of likely N-dealkylation sites (tertiary alicyclic amines) is 1. The molecule has 0 aromatic rings. The zero-order chi connectivity index (χ0) is 17.4. The first-order valence-electron chi connectivity index (χ1n) is 9.11. The quantitative estimate of drug-likeness (QED) is 0.488. The molecule has 4 N–H and O–H groups in total. The number of carbonyl (C=O) groups is 2. The van der Waals surface area contributed by atoms with Crippen LogP contribution in [0.3, 0.4) is 0 Å². The Kier molecular flexibility index (Phi) is 7.34. The number of nitrogens with one attached hydrogen (secondary N) is 2. The first-order chi connectivity index (χ1) is 11.6. The maximum Gasteiger partial charge on any atom is 0.221 e. The van der Waals surface area contributed by atoms with Gasteiger partial charge in [0.25, 0.3) is 0 Å². The zero-order valence-corrected chi connectivity index (χ0v) is 14.7. The van der Waals surface area contributed by atoms with Crippen molar-refractivity contribution in [1.29, 1.82) is 0 Å². The van der Waals surface area contributed by atoms with E-state index in [0.717, 1.165) is 44.7 Å². The molecule has 0 bridgehead atoms. The van der Waals surface area contributed by atoms with Crippen molar-refractivity contribution in [2.45, 2.75) is 57.4 Å². The first kappa shape index (κ1) is 18.5. The van der Waals surface area contributed by atoms with Gasteiger partial charge in [-0.05, 0) is 31.6 Å². The monoisotopic (exact) mass is 337 g/mol. The molecule has 2 aliphatic rings. The summed E-state index contributed by atoms with van der Waals surface area (Å²) in [5, 5.41) is 6.36. The van der Waals surface area contributed by atoms with Gasteiger partial charge in [-0.1, -0.05) is 12.8 Å². The molecule has 0 radical (unpaired) electrons. The number of rotatable bonds is 6. The third-order valence-corrected chi connectivity index (χ3v) is 4.88. The van der Waals surface area contributed by atoms with Gasteiger partial charge in [0.1, 0.15) is 0 Å². The van der Waals surface area contributed by atoms with Crippen molar-refractivity contribution in [2.75, 3.05) is 26.7 Å². The molecule has 1 aliphatic heterocycles. The topological polar surface area (TPSA) is 99.8 Å². The zero-order valence-electron chi connectivity index (χ0n) is 14.7. The van der Waals surface area contributed by atoms with Gasteiger partial charge in [-0.15, -0.1) is 0 Å². The third-order valence-electron chi connectivity index (χ3n) is 4.88. The van der Waals surface area contributed by atoms with E-state index in [1.165, 1.54) is 12.8 Å². The van der Waals surface area contributed by atoms with Crippen LogP contribution in [0.1, 0.15) is 51.4 Å². The molecule has 1 heterocycles. The molecular formula is C17H31N5O2. The lowest BCUT2D eigenvalue weighted by atomic mass is 9.95. The number of guanidine groups is 1. The van der Waals surface area contributed by atoms with E-state index in [4.69, 9.17) is 5.73 Å². The Morgan fingerprint density at radius 1 is 1.21 bits per heavy atom. The second-order valence-electron chi connectivity index (χ2n) is 6.90. The van der Waals surface area contributed by atoms with Crippen LogP contribution >= 0.6 is 0 Å².